The molecule has 3 heterocycles. The standard InChI is InChI=1S/C19H23N3O/c23-17-10-19(5-6-20-12-19)16-3-1-13(9-15(16)17)14-2-4-18-21-7-8-22(18)11-14/h1,3,7-9,14,17,20,23H,2,4-6,10-12H2. The second-order valence-corrected chi connectivity index (χ2v) is 7.51. The Bertz CT molecular complexity index is 745. The maximum absolute atomic E-state index is 10.6. The molecule has 4 nitrogen and oxygen atoms in total. The molecule has 3 unspecified atom stereocenters. The van der Waals surface area contributed by atoms with Gasteiger partial charge in [-0.15, -0.1) is 0 Å². The fourth-order valence-electron chi connectivity index (χ4n) is 4.97. The highest BCUT2D eigenvalue weighted by atomic mass is 16.3. The van der Waals surface area contributed by atoms with E-state index in [4.69, 9.17) is 0 Å². The van der Waals surface area contributed by atoms with E-state index >= 15 is 0 Å². The number of hydrogen-bond acceptors (Lipinski definition) is 3. The first-order valence-corrected chi connectivity index (χ1v) is 8.78. The summed E-state index contributed by atoms with van der Waals surface area (Å²) in [5.74, 6) is 1.74. The van der Waals surface area contributed by atoms with Crippen LogP contribution in [0.25, 0.3) is 0 Å². The van der Waals surface area contributed by atoms with Crippen LogP contribution in [0.3, 0.4) is 0 Å². The van der Waals surface area contributed by atoms with Crippen LogP contribution in [0.5, 0.6) is 0 Å². The largest absolute Gasteiger partial charge is 0.388 e. The lowest BCUT2D eigenvalue weighted by molar-refractivity contribution is 0.158. The molecule has 4 heteroatoms. The smallest absolute Gasteiger partial charge is 0.108 e. The van der Waals surface area contributed by atoms with E-state index < -0.39 is 0 Å². The number of nitrogens with one attached hydrogen (secondary N) is 1. The number of fused-ring (bicyclic) bond motifs is 3. The summed E-state index contributed by atoms with van der Waals surface area (Å²) in [6.07, 6.45) is 7.93. The van der Waals surface area contributed by atoms with Crippen molar-refractivity contribution >= 4 is 0 Å². The molecule has 1 saturated heterocycles. The molecule has 5 rings (SSSR count). The Morgan fingerprint density at radius 3 is 3.17 bits per heavy atom. The van der Waals surface area contributed by atoms with Gasteiger partial charge in [-0.2, -0.15) is 0 Å². The maximum Gasteiger partial charge on any atom is 0.108 e. The number of rotatable bonds is 1. The van der Waals surface area contributed by atoms with Crippen molar-refractivity contribution in [2.24, 2.45) is 0 Å². The number of aryl methyl sites for hydroxylation is 1. The van der Waals surface area contributed by atoms with Crippen LogP contribution >= 0.6 is 0 Å². The van der Waals surface area contributed by atoms with Gasteiger partial charge in [-0.25, -0.2) is 4.98 Å². The quantitative estimate of drug-likeness (QED) is 0.850. The van der Waals surface area contributed by atoms with Gasteiger partial charge in [0.15, 0.2) is 0 Å². The summed E-state index contributed by atoms with van der Waals surface area (Å²) in [7, 11) is 0. The van der Waals surface area contributed by atoms with E-state index in [1.807, 2.05) is 6.20 Å². The Kier molecular flexibility index (Phi) is 2.94. The lowest BCUT2D eigenvalue weighted by Gasteiger charge is -2.26. The monoisotopic (exact) mass is 309 g/mol. The number of benzene rings is 1. The second kappa shape index (κ2) is 4.92. The maximum atomic E-state index is 10.6. The minimum Gasteiger partial charge on any atom is -0.388 e. The van der Waals surface area contributed by atoms with Crippen LogP contribution in [0.4, 0.5) is 0 Å². The van der Waals surface area contributed by atoms with Gasteiger partial charge in [0.25, 0.3) is 0 Å². The summed E-state index contributed by atoms with van der Waals surface area (Å²) in [6.45, 7) is 3.09. The van der Waals surface area contributed by atoms with Crippen molar-refractivity contribution in [3.8, 4) is 0 Å². The third-order valence-corrected chi connectivity index (χ3v) is 6.24. The first kappa shape index (κ1) is 13.8. The number of aromatic nitrogens is 2. The Hall–Kier alpha value is -1.65. The van der Waals surface area contributed by atoms with Crippen molar-refractivity contribution in [2.75, 3.05) is 13.1 Å². The molecular formula is C19H23N3O. The molecular weight excluding hydrogens is 286 g/mol. The molecule has 2 N–H and O–H groups in total. The molecule has 3 atom stereocenters. The third-order valence-electron chi connectivity index (χ3n) is 6.24. The summed E-state index contributed by atoms with van der Waals surface area (Å²) in [5, 5.41) is 14.1. The molecule has 0 radical (unpaired) electrons. The van der Waals surface area contributed by atoms with Gasteiger partial charge in [0.2, 0.25) is 0 Å². The number of imidazole rings is 1. The normalized spacial score (nSPS) is 32.2. The highest BCUT2D eigenvalue weighted by Crippen LogP contribution is 2.49. The summed E-state index contributed by atoms with van der Waals surface area (Å²) in [6, 6.07) is 6.90. The lowest BCUT2D eigenvalue weighted by atomic mass is 9.80. The minimum absolute atomic E-state index is 0.178. The molecule has 1 aromatic carbocycles. The van der Waals surface area contributed by atoms with Crippen molar-refractivity contribution in [3.05, 3.63) is 53.1 Å². The molecule has 23 heavy (non-hydrogen) atoms. The van der Waals surface area contributed by atoms with Crippen molar-refractivity contribution in [3.63, 3.8) is 0 Å². The Morgan fingerprint density at radius 1 is 1.35 bits per heavy atom. The number of hydrogen-bond donors (Lipinski definition) is 2. The van der Waals surface area contributed by atoms with Gasteiger partial charge in [-0.05, 0) is 42.5 Å². The lowest BCUT2D eigenvalue weighted by Crippen LogP contribution is -2.26. The van der Waals surface area contributed by atoms with E-state index in [0.29, 0.717) is 5.92 Å². The molecule has 1 spiro atoms. The Labute approximate surface area is 136 Å². The van der Waals surface area contributed by atoms with Crippen LogP contribution < -0.4 is 5.32 Å². The molecule has 0 saturated carbocycles. The first-order valence-electron chi connectivity index (χ1n) is 8.78. The summed E-state index contributed by atoms with van der Waals surface area (Å²) >= 11 is 0. The summed E-state index contributed by atoms with van der Waals surface area (Å²) < 4.78 is 2.28. The van der Waals surface area contributed by atoms with E-state index in [1.54, 1.807) is 0 Å². The molecule has 3 aliphatic rings. The molecule has 2 aliphatic heterocycles. The summed E-state index contributed by atoms with van der Waals surface area (Å²) in [4.78, 5) is 4.42. The van der Waals surface area contributed by atoms with E-state index in [9.17, 15) is 5.11 Å². The molecule has 0 bridgehead atoms. The van der Waals surface area contributed by atoms with Crippen LogP contribution in [0.2, 0.25) is 0 Å². The number of aliphatic hydroxyl groups is 1. The molecule has 0 amide bonds. The van der Waals surface area contributed by atoms with E-state index in [-0.39, 0.29) is 11.5 Å². The minimum atomic E-state index is -0.294. The zero-order valence-corrected chi connectivity index (χ0v) is 13.3. The molecule has 1 aromatic heterocycles. The van der Waals surface area contributed by atoms with Gasteiger partial charge in [0.05, 0.1) is 6.10 Å². The van der Waals surface area contributed by atoms with Crippen LogP contribution in [0.1, 0.15) is 53.8 Å². The van der Waals surface area contributed by atoms with Crippen LogP contribution in [0.15, 0.2) is 30.6 Å². The second-order valence-electron chi connectivity index (χ2n) is 7.51. The average Bonchev–Trinajstić information content (AvgIpc) is 3.28. The fraction of sp³-hybridized carbons (Fsp3) is 0.526. The zero-order chi connectivity index (χ0) is 15.4. The van der Waals surface area contributed by atoms with Gasteiger partial charge >= 0.3 is 0 Å². The highest BCUT2D eigenvalue weighted by molar-refractivity contribution is 5.45. The SMILES string of the molecule is OC1CC2(CCNC2)c2ccc(C3CCc4nccn4C3)cc21. The van der Waals surface area contributed by atoms with E-state index in [1.165, 1.54) is 22.5 Å². The zero-order valence-electron chi connectivity index (χ0n) is 13.3. The molecule has 120 valence electrons. The predicted octanol–water partition coefficient (Wildman–Crippen LogP) is 2.28. The Balaban J connectivity index is 1.49. The van der Waals surface area contributed by atoms with Crippen LogP contribution in [-0.4, -0.2) is 27.7 Å². The number of nitrogens with zero attached hydrogens (tertiary/aromatic N) is 2. The van der Waals surface area contributed by atoms with Gasteiger partial charge in [-0.3, -0.25) is 0 Å². The van der Waals surface area contributed by atoms with Crippen LogP contribution in [0, 0.1) is 0 Å². The fourth-order valence-corrected chi connectivity index (χ4v) is 4.97. The average molecular weight is 309 g/mol. The Morgan fingerprint density at radius 2 is 2.30 bits per heavy atom. The number of aliphatic hydroxyl groups excluding tert-OH is 1. The van der Waals surface area contributed by atoms with Gasteiger partial charge in [0, 0.05) is 43.2 Å². The van der Waals surface area contributed by atoms with Gasteiger partial charge in [-0.1, -0.05) is 18.2 Å². The van der Waals surface area contributed by atoms with Crippen LogP contribution in [-0.2, 0) is 18.4 Å². The topological polar surface area (TPSA) is 50.1 Å². The van der Waals surface area contributed by atoms with E-state index in [0.717, 1.165) is 45.3 Å². The first-order chi connectivity index (χ1) is 11.3. The van der Waals surface area contributed by atoms with Crippen molar-refractivity contribution < 1.29 is 5.11 Å². The highest BCUT2D eigenvalue weighted by Gasteiger charge is 2.45. The van der Waals surface area contributed by atoms with Gasteiger partial charge < -0.3 is 15.0 Å². The van der Waals surface area contributed by atoms with Crippen molar-refractivity contribution in [2.45, 2.75) is 49.7 Å². The van der Waals surface area contributed by atoms with Crippen molar-refractivity contribution in [1.82, 2.24) is 14.9 Å². The molecule has 1 fully saturated rings. The summed E-state index contributed by atoms with van der Waals surface area (Å²) in [5.41, 5.74) is 4.13. The van der Waals surface area contributed by atoms with Crippen molar-refractivity contribution in [1.29, 1.82) is 0 Å². The van der Waals surface area contributed by atoms with Gasteiger partial charge in [0.1, 0.15) is 5.82 Å². The molecule has 1 aliphatic carbocycles. The van der Waals surface area contributed by atoms with E-state index in [2.05, 4.69) is 39.3 Å². The third kappa shape index (κ3) is 2.01. The predicted molar refractivity (Wildman–Crippen MR) is 88.5 cm³/mol. The molecule has 2 aromatic rings.